The molecule has 2 fully saturated rings. The molecule has 0 aromatic carbocycles. The number of pyridine rings is 1. The molecule has 1 amide bonds. The van der Waals surface area contributed by atoms with Gasteiger partial charge < -0.3 is 15.4 Å². The van der Waals surface area contributed by atoms with Crippen molar-refractivity contribution < 1.29 is 22.7 Å². The van der Waals surface area contributed by atoms with Gasteiger partial charge >= 0.3 is 6.18 Å². The first-order valence-electron chi connectivity index (χ1n) is 15.1. The number of hydrogen-bond acceptors (Lipinski definition) is 8. The number of carbonyl (C=O) groups is 1. The fraction of sp³-hybridized carbons (Fsp3) is 0.548. The Bertz CT molecular complexity index is 1360. The Morgan fingerprint density at radius 2 is 2.04 bits per heavy atom. The number of carbonyl (C=O) groups excluding carboxylic acids is 1. The standard InChI is InChI=1S/C29H37ClF3N7O2S.C2H6/c1-5-24(36-19(2)34-14-6-7-20-17-27(3,4)35-18-20)43-39-26(41)21-8-9-22(37-25(21)30)40-15-10-23(38-40)42-16-13-28(11-12-28)29(31,32)33;1-2/h5,8-10,15,20,34-35H,1-2,6-7,11-14,16-18H2,3-4H3,(H,39,41);1-2H3/b36-24+;. The van der Waals surface area contributed by atoms with Crippen LogP contribution in [0.15, 0.2) is 54.4 Å². The number of aromatic nitrogens is 3. The first-order chi connectivity index (χ1) is 21.3. The second-order valence-electron chi connectivity index (χ2n) is 11.5. The van der Waals surface area contributed by atoms with E-state index in [2.05, 4.69) is 57.4 Å². The van der Waals surface area contributed by atoms with Gasteiger partial charge in [-0.25, -0.2) is 14.7 Å². The summed E-state index contributed by atoms with van der Waals surface area (Å²) < 4.78 is 48.8. The monoisotopic (exact) mass is 669 g/mol. The number of halogens is 4. The highest BCUT2D eigenvalue weighted by Gasteiger charge is 2.62. The van der Waals surface area contributed by atoms with E-state index in [1.807, 2.05) is 13.8 Å². The molecule has 2 aromatic heterocycles. The Balaban J connectivity index is 0.00000271. The van der Waals surface area contributed by atoms with E-state index in [0.29, 0.717) is 22.6 Å². The van der Waals surface area contributed by atoms with Crippen molar-refractivity contribution in [3.05, 3.63) is 60.2 Å². The van der Waals surface area contributed by atoms with Crippen molar-refractivity contribution in [1.29, 1.82) is 0 Å². The van der Waals surface area contributed by atoms with Gasteiger partial charge in [0.25, 0.3) is 5.91 Å². The molecule has 45 heavy (non-hydrogen) atoms. The van der Waals surface area contributed by atoms with Crippen molar-refractivity contribution >= 4 is 34.5 Å². The topological polar surface area (TPSA) is 105 Å². The number of hydrogen-bond donors (Lipinski definition) is 3. The molecule has 9 nitrogen and oxygen atoms in total. The molecule has 1 saturated heterocycles. The summed E-state index contributed by atoms with van der Waals surface area (Å²) in [5.74, 6) is 1.13. The van der Waals surface area contributed by atoms with Crippen LogP contribution in [0.25, 0.3) is 5.82 Å². The van der Waals surface area contributed by atoms with Gasteiger partial charge in [0.1, 0.15) is 16.0 Å². The average molecular weight is 670 g/mol. The molecule has 1 atom stereocenters. The van der Waals surface area contributed by atoms with Crippen LogP contribution >= 0.6 is 23.5 Å². The molecule has 1 saturated carbocycles. The maximum absolute atomic E-state index is 13.1. The molecule has 1 aliphatic heterocycles. The van der Waals surface area contributed by atoms with Crippen LogP contribution in [0.1, 0.15) is 76.6 Å². The van der Waals surface area contributed by atoms with Gasteiger partial charge in [0.05, 0.1) is 17.6 Å². The predicted octanol–water partition coefficient (Wildman–Crippen LogP) is 7.25. The molecule has 1 aliphatic carbocycles. The van der Waals surface area contributed by atoms with E-state index in [-0.39, 0.29) is 48.0 Å². The molecule has 2 aromatic rings. The molecule has 14 heteroatoms. The summed E-state index contributed by atoms with van der Waals surface area (Å²) in [6.07, 6.45) is 2.26. The molecular weight excluding hydrogens is 627 g/mol. The molecule has 0 spiro atoms. The van der Waals surface area contributed by atoms with Gasteiger partial charge in [-0.3, -0.25) is 9.52 Å². The number of aliphatic imine (C=N–C) groups is 1. The van der Waals surface area contributed by atoms with E-state index in [9.17, 15) is 18.0 Å². The van der Waals surface area contributed by atoms with Gasteiger partial charge in [-0.15, -0.1) is 5.10 Å². The number of nitrogens with one attached hydrogen (secondary N) is 3. The van der Waals surface area contributed by atoms with Crippen LogP contribution in [0.4, 0.5) is 13.2 Å². The minimum Gasteiger partial charge on any atom is -0.477 e. The van der Waals surface area contributed by atoms with Crippen LogP contribution in [0.5, 0.6) is 5.88 Å². The minimum atomic E-state index is -4.22. The predicted molar refractivity (Wildman–Crippen MR) is 175 cm³/mol. The Labute approximate surface area is 272 Å². The summed E-state index contributed by atoms with van der Waals surface area (Å²) in [6.45, 7) is 17.8. The van der Waals surface area contributed by atoms with Crippen LogP contribution in [0, 0.1) is 11.3 Å². The summed E-state index contributed by atoms with van der Waals surface area (Å²) >= 11 is 7.27. The fourth-order valence-corrected chi connectivity index (χ4v) is 5.74. The first-order valence-corrected chi connectivity index (χ1v) is 16.3. The van der Waals surface area contributed by atoms with Gasteiger partial charge in [-0.1, -0.05) is 38.6 Å². The molecule has 3 N–H and O–H groups in total. The van der Waals surface area contributed by atoms with Crippen LogP contribution < -0.4 is 20.1 Å². The summed E-state index contributed by atoms with van der Waals surface area (Å²) in [6, 6.07) is 4.56. The van der Waals surface area contributed by atoms with E-state index in [1.54, 1.807) is 12.3 Å². The number of rotatable bonds is 13. The van der Waals surface area contributed by atoms with E-state index < -0.39 is 17.5 Å². The molecule has 0 radical (unpaired) electrons. The van der Waals surface area contributed by atoms with E-state index in [1.165, 1.54) is 29.3 Å². The van der Waals surface area contributed by atoms with Gasteiger partial charge in [-0.05, 0) is 83.0 Å². The van der Waals surface area contributed by atoms with Crippen LogP contribution in [-0.4, -0.2) is 57.1 Å². The van der Waals surface area contributed by atoms with Crippen molar-refractivity contribution in [1.82, 2.24) is 30.1 Å². The van der Waals surface area contributed by atoms with E-state index in [4.69, 9.17) is 16.3 Å². The average Bonchev–Trinajstić information content (AvgIpc) is 3.52. The molecule has 248 valence electrons. The largest absolute Gasteiger partial charge is 0.477 e. The maximum Gasteiger partial charge on any atom is 0.394 e. The lowest BCUT2D eigenvalue weighted by molar-refractivity contribution is -0.190. The fourth-order valence-electron chi connectivity index (χ4n) is 4.96. The van der Waals surface area contributed by atoms with Crippen LogP contribution in [0.3, 0.4) is 0 Å². The number of nitrogens with zero attached hydrogens (tertiary/aromatic N) is 4. The summed E-state index contributed by atoms with van der Waals surface area (Å²) in [7, 11) is 0. The highest BCUT2D eigenvalue weighted by Crippen LogP contribution is 2.59. The molecular formula is C31H43ClF3N7O2S. The molecule has 4 rings (SSSR count). The highest BCUT2D eigenvalue weighted by molar-refractivity contribution is 8.13. The van der Waals surface area contributed by atoms with Crippen LogP contribution in [-0.2, 0) is 0 Å². The third-order valence-corrected chi connectivity index (χ3v) is 8.66. The lowest BCUT2D eigenvalue weighted by Crippen LogP contribution is -2.31. The lowest BCUT2D eigenvalue weighted by atomic mass is 9.94. The smallest absolute Gasteiger partial charge is 0.394 e. The number of amides is 1. The second kappa shape index (κ2) is 16.0. The van der Waals surface area contributed by atoms with Gasteiger partial charge in [0.15, 0.2) is 5.82 Å². The van der Waals surface area contributed by atoms with Crippen molar-refractivity contribution in [2.24, 2.45) is 16.3 Å². The molecule has 2 aliphatic rings. The minimum absolute atomic E-state index is 0.0570. The normalized spacial score (nSPS) is 18.4. The van der Waals surface area contributed by atoms with Crippen molar-refractivity contribution in [3.8, 4) is 11.7 Å². The third-order valence-electron chi connectivity index (χ3n) is 7.62. The van der Waals surface area contributed by atoms with Gasteiger partial charge in [0.2, 0.25) is 5.88 Å². The third kappa shape index (κ3) is 10.5. The zero-order chi connectivity index (χ0) is 33.3. The van der Waals surface area contributed by atoms with E-state index >= 15 is 0 Å². The zero-order valence-electron chi connectivity index (χ0n) is 26.3. The lowest BCUT2D eigenvalue weighted by Gasteiger charge is -2.18. The Morgan fingerprint density at radius 1 is 1.31 bits per heavy atom. The second-order valence-corrected chi connectivity index (χ2v) is 12.7. The number of ether oxygens (including phenoxy) is 1. The van der Waals surface area contributed by atoms with Gasteiger partial charge in [0, 0.05) is 36.3 Å². The number of alkyl halides is 3. The molecule has 3 heterocycles. The Kier molecular flexibility index (Phi) is 13.0. The van der Waals surface area contributed by atoms with Crippen molar-refractivity contribution in [2.75, 3.05) is 19.7 Å². The first kappa shape index (κ1) is 36.4. The zero-order valence-corrected chi connectivity index (χ0v) is 27.8. The summed E-state index contributed by atoms with van der Waals surface area (Å²) in [5.41, 5.74) is -1.29. The van der Waals surface area contributed by atoms with Crippen LogP contribution in [0.2, 0.25) is 5.15 Å². The SMILES string of the molecule is C=C/C(=N\C(=C)NCCCC1CNC(C)(C)C1)SNC(=O)c1ccc(-n2ccc(OCCC3(C(F)(F)F)CC3)n2)nc1Cl.CC. The Morgan fingerprint density at radius 3 is 2.64 bits per heavy atom. The van der Waals surface area contributed by atoms with Gasteiger partial charge in [-0.2, -0.15) is 13.2 Å². The summed E-state index contributed by atoms with van der Waals surface area (Å²) in [4.78, 5) is 21.4. The van der Waals surface area contributed by atoms with Crippen molar-refractivity contribution in [3.63, 3.8) is 0 Å². The highest BCUT2D eigenvalue weighted by atomic mass is 35.5. The van der Waals surface area contributed by atoms with Crippen molar-refractivity contribution in [2.45, 2.75) is 77.9 Å². The Hall–Kier alpha value is -3.03. The quantitative estimate of drug-likeness (QED) is 0.0678. The van der Waals surface area contributed by atoms with E-state index in [0.717, 1.165) is 37.9 Å². The molecule has 1 unspecified atom stereocenters. The summed E-state index contributed by atoms with van der Waals surface area (Å²) in [5, 5.41) is 11.3. The molecule has 0 bridgehead atoms. The maximum atomic E-state index is 13.1.